The molecule has 0 saturated carbocycles. The number of benzene rings is 1. The van der Waals surface area contributed by atoms with Crippen LogP contribution in [0.4, 0.5) is 5.69 Å². The molecule has 0 aliphatic carbocycles. The molecular weight excluding hydrogens is 350 g/mol. The van der Waals surface area contributed by atoms with Gasteiger partial charge in [-0.1, -0.05) is 6.07 Å². The number of nitrogens with zero attached hydrogens (tertiary/aromatic N) is 3. The lowest BCUT2D eigenvalue weighted by molar-refractivity contribution is -0.385. The molecular formula is C19H19N3O5. The van der Waals surface area contributed by atoms with Gasteiger partial charge in [-0.2, -0.15) is 0 Å². The number of nitro groups is 1. The third-order valence-electron chi connectivity index (χ3n) is 5.72. The zero-order chi connectivity index (χ0) is 18.5. The first-order valence-corrected chi connectivity index (χ1v) is 9.07. The molecule has 1 saturated heterocycles. The van der Waals surface area contributed by atoms with Gasteiger partial charge in [-0.15, -0.1) is 0 Å². The second-order valence-corrected chi connectivity index (χ2v) is 7.48. The van der Waals surface area contributed by atoms with Gasteiger partial charge in [-0.05, 0) is 24.5 Å². The maximum Gasteiger partial charge on any atom is 0.277 e. The van der Waals surface area contributed by atoms with E-state index < -0.39 is 0 Å². The highest BCUT2D eigenvalue weighted by Crippen LogP contribution is 2.40. The van der Waals surface area contributed by atoms with Gasteiger partial charge in [0.05, 0.1) is 11.0 Å². The first-order valence-electron chi connectivity index (χ1n) is 9.07. The highest BCUT2D eigenvalue weighted by molar-refractivity contribution is 5.55. The highest BCUT2D eigenvalue weighted by Gasteiger charge is 2.35. The van der Waals surface area contributed by atoms with E-state index in [4.69, 9.17) is 9.47 Å². The molecule has 2 unspecified atom stereocenters. The van der Waals surface area contributed by atoms with Crippen molar-refractivity contribution < 1.29 is 14.4 Å². The lowest BCUT2D eigenvalue weighted by atomic mass is 9.83. The Labute approximate surface area is 155 Å². The quantitative estimate of drug-likeness (QED) is 0.608. The van der Waals surface area contributed by atoms with Crippen LogP contribution in [0.3, 0.4) is 0 Å². The molecule has 8 heteroatoms. The Morgan fingerprint density at radius 1 is 1.15 bits per heavy atom. The van der Waals surface area contributed by atoms with Crippen LogP contribution in [0, 0.1) is 16.0 Å². The summed E-state index contributed by atoms with van der Waals surface area (Å²) in [5, 5.41) is 11.5. The highest BCUT2D eigenvalue weighted by atomic mass is 16.7. The summed E-state index contributed by atoms with van der Waals surface area (Å²) in [5.74, 6) is 1.64. The van der Waals surface area contributed by atoms with Crippen molar-refractivity contribution in [3.8, 4) is 11.5 Å². The lowest BCUT2D eigenvalue weighted by Gasteiger charge is -2.42. The number of rotatable bonds is 3. The molecule has 1 fully saturated rings. The molecule has 0 spiro atoms. The zero-order valence-corrected chi connectivity index (χ0v) is 14.7. The van der Waals surface area contributed by atoms with E-state index in [0.717, 1.165) is 25.2 Å². The van der Waals surface area contributed by atoms with Gasteiger partial charge in [0.1, 0.15) is 0 Å². The van der Waals surface area contributed by atoms with E-state index >= 15 is 0 Å². The van der Waals surface area contributed by atoms with Crippen LogP contribution in [0.1, 0.15) is 23.6 Å². The summed E-state index contributed by atoms with van der Waals surface area (Å²) >= 11 is 0. The van der Waals surface area contributed by atoms with Gasteiger partial charge in [0, 0.05) is 49.4 Å². The van der Waals surface area contributed by atoms with Gasteiger partial charge >= 0.3 is 0 Å². The van der Waals surface area contributed by atoms with Gasteiger partial charge in [-0.25, -0.2) is 0 Å². The molecule has 3 aliphatic heterocycles. The van der Waals surface area contributed by atoms with Crippen LogP contribution < -0.4 is 15.0 Å². The summed E-state index contributed by atoms with van der Waals surface area (Å²) in [6, 6.07) is 8.63. The number of hydrogen-bond acceptors (Lipinski definition) is 6. The van der Waals surface area contributed by atoms with Gasteiger partial charge in [-0.3, -0.25) is 19.8 Å². The molecule has 3 aliphatic rings. The molecule has 2 atom stereocenters. The third-order valence-corrected chi connectivity index (χ3v) is 5.72. The van der Waals surface area contributed by atoms with E-state index in [1.807, 2.05) is 16.7 Å². The van der Waals surface area contributed by atoms with Crippen molar-refractivity contribution in [2.45, 2.75) is 25.4 Å². The second-order valence-electron chi connectivity index (χ2n) is 7.48. The number of aromatic nitrogens is 1. The fourth-order valence-corrected chi connectivity index (χ4v) is 4.64. The van der Waals surface area contributed by atoms with Crippen LogP contribution in [0.5, 0.6) is 11.5 Å². The maximum atomic E-state index is 12.1. The van der Waals surface area contributed by atoms with Crippen LogP contribution in [-0.2, 0) is 13.1 Å². The Bertz CT molecular complexity index is 986. The molecule has 8 nitrogen and oxygen atoms in total. The van der Waals surface area contributed by atoms with Crippen molar-refractivity contribution in [1.29, 1.82) is 0 Å². The van der Waals surface area contributed by atoms with Crippen LogP contribution in [0.2, 0.25) is 0 Å². The average molecular weight is 369 g/mol. The van der Waals surface area contributed by atoms with Crippen molar-refractivity contribution in [2.75, 3.05) is 19.9 Å². The van der Waals surface area contributed by atoms with Crippen molar-refractivity contribution in [3.05, 3.63) is 62.1 Å². The minimum Gasteiger partial charge on any atom is -0.454 e. The SMILES string of the molecule is O=c1cccc2n1CC1CC2CN(Cc2cc3c(cc2[N+](=O)[O-])OCO3)C1. The van der Waals surface area contributed by atoms with Gasteiger partial charge in [0.15, 0.2) is 11.5 Å². The smallest absolute Gasteiger partial charge is 0.277 e. The normalized spacial score (nSPS) is 23.1. The van der Waals surface area contributed by atoms with Crippen molar-refractivity contribution in [2.24, 2.45) is 5.92 Å². The van der Waals surface area contributed by atoms with Gasteiger partial charge in [0.25, 0.3) is 11.2 Å². The van der Waals surface area contributed by atoms with E-state index in [2.05, 4.69) is 4.90 Å². The molecule has 2 bridgehead atoms. The fourth-order valence-electron chi connectivity index (χ4n) is 4.64. The van der Waals surface area contributed by atoms with E-state index in [1.165, 1.54) is 6.07 Å². The summed E-state index contributed by atoms with van der Waals surface area (Å²) in [4.78, 5) is 25.5. The van der Waals surface area contributed by atoms with E-state index in [1.54, 1.807) is 12.1 Å². The molecule has 140 valence electrons. The summed E-state index contributed by atoms with van der Waals surface area (Å²) in [6.45, 7) is 2.89. The molecule has 27 heavy (non-hydrogen) atoms. The number of likely N-dealkylation sites (tertiary alicyclic amines) is 1. The van der Waals surface area contributed by atoms with Gasteiger partial charge < -0.3 is 14.0 Å². The minimum absolute atomic E-state index is 0.0575. The molecule has 4 heterocycles. The van der Waals surface area contributed by atoms with E-state index in [-0.39, 0.29) is 28.9 Å². The molecule has 5 rings (SSSR count). The lowest BCUT2D eigenvalue weighted by Crippen LogP contribution is -2.46. The maximum absolute atomic E-state index is 12.1. The molecule has 0 N–H and O–H groups in total. The number of fused-ring (bicyclic) bond motifs is 5. The predicted molar refractivity (Wildman–Crippen MR) is 96.0 cm³/mol. The number of pyridine rings is 1. The first-order chi connectivity index (χ1) is 13.1. The molecule has 0 amide bonds. The Kier molecular flexibility index (Phi) is 3.68. The minimum atomic E-state index is -0.364. The number of hydrogen-bond donors (Lipinski definition) is 0. The topological polar surface area (TPSA) is 86.8 Å². The summed E-state index contributed by atoms with van der Waals surface area (Å²) in [7, 11) is 0. The fraction of sp³-hybridized carbons (Fsp3) is 0.421. The monoisotopic (exact) mass is 369 g/mol. The molecule has 2 aromatic rings. The van der Waals surface area contributed by atoms with E-state index in [0.29, 0.717) is 36.1 Å². The molecule has 1 aromatic carbocycles. The summed E-state index contributed by atoms with van der Waals surface area (Å²) in [5.41, 5.74) is 1.83. The van der Waals surface area contributed by atoms with Crippen molar-refractivity contribution in [3.63, 3.8) is 0 Å². The Hall–Kier alpha value is -2.87. The van der Waals surface area contributed by atoms with E-state index in [9.17, 15) is 14.9 Å². The first kappa shape index (κ1) is 16.3. The number of nitro benzene ring substituents is 1. The van der Waals surface area contributed by atoms with Crippen molar-refractivity contribution >= 4 is 5.69 Å². The zero-order valence-electron chi connectivity index (χ0n) is 14.7. The molecule has 1 aromatic heterocycles. The largest absolute Gasteiger partial charge is 0.454 e. The number of ether oxygens (including phenoxy) is 2. The van der Waals surface area contributed by atoms with Crippen LogP contribution in [0.25, 0.3) is 0 Å². The second kappa shape index (κ2) is 6.09. The van der Waals surface area contributed by atoms with Crippen molar-refractivity contribution in [1.82, 2.24) is 9.47 Å². The summed E-state index contributed by atoms with van der Waals surface area (Å²) in [6.07, 6.45) is 1.06. The van der Waals surface area contributed by atoms with Crippen LogP contribution in [-0.4, -0.2) is 34.3 Å². The van der Waals surface area contributed by atoms with Crippen LogP contribution in [0.15, 0.2) is 35.1 Å². The number of piperidine rings is 1. The summed E-state index contributed by atoms with van der Waals surface area (Å²) < 4.78 is 12.6. The Morgan fingerprint density at radius 2 is 1.96 bits per heavy atom. The predicted octanol–water partition coefficient (Wildman–Crippen LogP) is 2.10. The average Bonchev–Trinajstić information content (AvgIpc) is 3.09. The standard InChI is InChI=1S/C19H19N3O5/c23-19-3-1-2-15-13-4-12(8-21(15)19)7-20(9-13)10-14-5-17-18(27-11-26-17)6-16(14)22(24)25/h1-3,5-6,12-13H,4,7-11H2. The molecule has 0 radical (unpaired) electrons. The van der Waals surface area contributed by atoms with Crippen LogP contribution >= 0.6 is 0 Å². The van der Waals surface area contributed by atoms with Gasteiger partial charge in [0.2, 0.25) is 6.79 Å². The third kappa shape index (κ3) is 2.76. The Balaban J connectivity index is 1.43. The Morgan fingerprint density at radius 3 is 2.78 bits per heavy atom.